The summed E-state index contributed by atoms with van der Waals surface area (Å²) in [7, 11) is 0. The Bertz CT molecular complexity index is 1390. The third kappa shape index (κ3) is 8.17. The van der Waals surface area contributed by atoms with Crippen LogP contribution < -0.4 is 30.7 Å². The number of aliphatic imine (C=N–C) groups is 2. The zero-order valence-corrected chi connectivity index (χ0v) is 21.3. The minimum atomic E-state index is -4.75. The number of nitrogens with zero attached hydrogens (tertiary/aromatic N) is 3. The Morgan fingerprint density at radius 3 is 2.49 bits per heavy atom. The van der Waals surface area contributed by atoms with E-state index in [0.717, 1.165) is 29.0 Å². The molecule has 1 heterocycles. The molecule has 1 atom stereocenters. The maximum Gasteiger partial charge on any atom is 0.573 e. The molecule has 0 radical (unpaired) electrons. The summed E-state index contributed by atoms with van der Waals surface area (Å²) in [5.74, 6) is 1.29. The summed E-state index contributed by atoms with van der Waals surface area (Å²) in [6.45, 7) is 2.18. The first-order chi connectivity index (χ1) is 18.7. The van der Waals surface area contributed by atoms with Crippen molar-refractivity contribution in [3.63, 3.8) is 0 Å². The van der Waals surface area contributed by atoms with Gasteiger partial charge in [-0.25, -0.2) is 9.98 Å². The molecule has 1 unspecified atom stereocenters. The monoisotopic (exact) mass is 556 g/mol. The standard InChI is InChI=1S/C26H23F3N6O3S/c1-16(19-6-11-22-23(12-19)37-15-36-22)34-25(39)35-33-13-17-2-4-18(5-3-17)24(30)32-14-31-20-7-9-21(10-8-20)38-26(27,28)29/h2-14,16H,15H2,1H3,(H2,30,31,32)(H2,34,35,39). The summed E-state index contributed by atoms with van der Waals surface area (Å²) < 4.78 is 51.2. The lowest BCUT2D eigenvalue weighted by Crippen LogP contribution is -2.34. The molecule has 0 bridgehead atoms. The van der Waals surface area contributed by atoms with Gasteiger partial charge in [-0.1, -0.05) is 30.3 Å². The van der Waals surface area contributed by atoms with Crippen molar-refractivity contribution in [3.8, 4) is 17.2 Å². The van der Waals surface area contributed by atoms with Crippen LogP contribution in [-0.2, 0) is 0 Å². The number of hydrogen-bond acceptors (Lipinski definition) is 6. The van der Waals surface area contributed by atoms with E-state index >= 15 is 0 Å². The molecule has 4 rings (SSSR count). The van der Waals surface area contributed by atoms with Crippen molar-refractivity contribution >= 4 is 41.4 Å². The first-order valence-corrected chi connectivity index (χ1v) is 11.9. The van der Waals surface area contributed by atoms with Crippen LogP contribution in [0.3, 0.4) is 0 Å². The highest BCUT2D eigenvalue weighted by atomic mass is 32.1. The Balaban J connectivity index is 1.25. The third-order valence-corrected chi connectivity index (χ3v) is 5.51. The molecular weight excluding hydrogens is 533 g/mol. The smallest absolute Gasteiger partial charge is 0.454 e. The number of halogens is 3. The lowest BCUT2D eigenvalue weighted by Gasteiger charge is -2.16. The lowest BCUT2D eigenvalue weighted by atomic mass is 10.1. The van der Waals surface area contributed by atoms with E-state index in [4.69, 9.17) is 27.4 Å². The van der Waals surface area contributed by atoms with Crippen LogP contribution in [0.5, 0.6) is 17.2 Å². The van der Waals surface area contributed by atoms with Crippen LogP contribution >= 0.6 is 12.2 Å². The molecule has 0 amide bonds. The first kappa shape index (κ1) is 27.4. The fraction of sp³-hybridized carbons (Fsp3) is 0.154. The van der Waals surface area contributed by atoms with Gasteiger partial charge >= 0.3 is 6.36 Å². The van der Waals surface area contributed by atoms with E-state index in [2.05, 4.69) is 30.6 Å². The number of nitrogens with one attached hydrogen (secondary N) is 2. The van der Waals surface area contributed by atoms with E-state index in [1.54, 1.807) is 30.5 Å². The van der Waals surface area contributed by atoms with E-state index < -0.39 is 6.36 Å². The van der Waals surface area contributed by atoms with Crippen LogP contribution in [0.1, 0.15) is 29.7 Å². The summed E-state index contributed by atoms with van der Waals surface area (Å²) in [6.07, 6.45) is -1.93. The average Bonchev–Trinajstić information content (AvgIpc) is 3.37. The summed E-state index contributed by atoms with van der Waals surface area (Å²) in [6, 6.07) is 17.8. The first-order valence-electron chi connectivity index (χ1n) is 11.5. The second-order valence-corrected chi connectivity index (χ2v) is 8.51. The van der Waals surface area contributed by atoms with Gasteiger partial charge in [0.05, 0.1) is 17.9 Å². The summed E-state index contributed by atoms with van der Waals surface area (Å²) >= 11 is 5.32. The molecule has 13 heteroatoms. The molecule has 0 saturated heterocycles. The number of rotatable bonds is 8. The van der Waals surface area contributed by atoms with E-state index in [0.29, 0.717) is 22.1 Å². The summed E-state index contributed by atoms with van der Waals surface area (Å²) in [5, 5.41) is 7.66. The van der Waals surface area contributed by atoms with Crippen LogP contribution in [0.2, 0.25) is 0 Å². The average molecular weight is 557 g/mol. The molecule has 9 nitrogen and oxygen atoms in total. The van der Waals surface area contributed by atoms with Gasteiger partial charge in [-0.15, -0.1) is 13.2 Å². The Labute approximate surface area is 227 Å². The SMILES string of the molecule is CC(NC(=S)NN=Cc1ccc(C(N)=NC=Nc2ccc(OC(F)(F)F)cc2)cc1)c1ccc2c(c1)OCO2. The van der Waals surface area contributed by atoms with E-state index in [-0.39, 0.29) is 24.4 Å². The molecular formula is C26H23F3N6O3S. The highest BCUT2D eigenvalue weighted by Gasteiger charge is 2.30. The van der Waals surface area contributed by atoms with Crippen molar-refractivity contribution < 1.29 is 27.4 Å². The van der Waals surface area contributed by atoms with Gasteiger partial charge in [0.15, 0.2) is 16.6 Å². The van der Waals surface area contributed by atoms with Gasteiger partial charge < -0.3 is 25.3 Å². The van der Waals surface area contributed by atoms with E-state index in [1.807, 2.05) is 25.1 Å². The van der Waals surface area contributed by atoms with Crippen LogP contribution in [0.15, 0.2) is 81.8 Å². The number of fused-ring (bicyclic) bond motifs is 1. The Morgan fingerprint density at radius 1 is 1.05 bits per heavy atom. The molecule has 3 aromatic carbocycles. The number of amidine groups is 1. The zero-order valence-electron chi connectivity index (χ0n) is 20.5. The van der Waals surface area contributed by atoms with Gasteiger partial charge in [0.1, 0.15) is 17.9 Å². The zero-order chi connectivity index (χ0) is 27.8. The van der Waals surface area contributed by atoms with Crippen molar-refractivity contribution in [2.75, 3.05) is 6.79 Å². The second kappa shape index (κ2) is 12.3. The number of hydrogen-bond donors (Lipinski definition) is 3. The number of thiocarbonyl (C=S) groups is 1. The molecule has 3 aromatic rings. The van der Waals surface area contributed by atoms with Crippen molar-refractivity contribution in [3.05, 3.63) is 83.4 Å². The Kier molecular flexibility index (Phi) is 8.61. The van der Waals surface area contributed by atoms with Gasteiger partial charge in [-0.3, -0.25) is 5.43 Å². The molecule has 202 valence electrons. The number of alkyl halides is 3. The third-order valence-electron chi connectivity index (χ3n) is 5.30. The largest absolute Gasteiger partial charge is 0.573 e. The highest BCUT2D eigenvalue weighted by Crippen LogP contribution is 2.34. The number of ether oxygens (including phenoxy) is 3. The van der Waals surface area contributed by atoms with E-state index in [1.165, 1.54) is 18.5 Å². The summed E-state index contributed by atoms with van der Waals surface area (Å²) in [5.41, 5.74) is 11.6. The molecule has 4 N–H and O–H groups in total. The number of hydrazone groups is 1. The molecule has 39 heavy (non-hydrogen) atoms. The molecule has 1 aliphatic heterocycles. The minimum absolute atomic E-state index is 0.0810. The molecule has 0 fully saturated rings. The molecule has 0 aliphatic carbocycles. The fourth-order valence-corrected chi connectivity index (χ4v) is 3.60. The second-order valence-electron chi connectivity index (χ2n) is 8.10. The van der Waals surface area contributed by atoms with Crippen LogP contribution in [0.4, 0.5) is 18.9 Å². The predicted octanol–water partition coefficient (Wildman–Crippen LogP) is 4.94. The highest BCUT2D eigenvalue weighted by molar-refractivity contribution is 7.80. The maximum atomic E-state index is 12.2. The minimum Gasteiger partial charge on any atom is -0.454 e. The van der Waals surface area contributed by atoms with Gasteiger partial charge in [0, 0.05) is 5.56 Å². The summed E-state index contributed by atoms with van der Waals surface area (Å²) in [4.78, 5) is 8.11. The van der Waals surface area contributed by atoms with Crippen molar-refractivity contribution in [1.29, 1.82) is 0 Å². The van der Waals surface area contributed by atoms with Gasteiger partial charge in [0.25, 0.3) is 0 Å². The number of nitrogens with two attached hydrogens (primary N) is 1. The number of benzene rings is 3. The van der Waals surface area contributed by atoms with Crippen LogP contribution in [0, 0.1) is 0 Å². The van der Waals surface area contributed by atoms with E-state index in [9.17, 15) is 13.2 Å². The van der Waals surface area contributed by atoms with Crippen molar-refractivity contribution in [2.24, 2.45) is 20.8 Å². The van der Waals surface area contributed by atoms with Gasteiger partial charge in [-0.05, 0) is 66.7 Å². The van der Waals surface area contributed by atoms with Crippen molar-refractivity contribution in [1.82, 2.24) is 10.7 Å². The van der Waals surface area contributed by atoms with Crippen LogP contribution in [0.25, 0.3) is 0 Å². The maximum absolute atomic E-state index is 12.2. The predicted molar refractivity (Wildman–Crippen MR) is 146 cm³/mol. The Morgan fingerprint density at radius 2 is 1.77 bits per heavy atom. The fourth-order valence-electron chi connectivity index (χ4n) is 3.37. The normalized spacial score (nSPS) is 14.0. The van der Waals surface area contributed by atoms with Crippen LogP contribution in [-0.4, -0.2) is 36.7 Å². The topological polar surface area (TPSA) is 115 Å². The molecule has 0 saturated carbocycles. The van der Waals surface area contributed by atoms with Gasteiger partial charge in [-0.2, -0.15) is 5.10 Å². The molecule has 0 spiro atoms. The lowest BCUT2D eigenvalue weighted by molar-refractivity contribution is -0.274. The molecule has 1 aliphatic rings. The van der Waals surface area contributed by atoms with Crippen molar-refractivity contribution in [2.45, 2.75) is 19.3 Å². The quantitative estimate of drug-likeness (QED) is 0.156. The molecule has 0 aromatic heterocycles. The Hall–Kier alpha value is -4.65. The van der Waals surface area contributed by atoms with Gasteiger partial charge in [0.2, 0.25) is 6.79 Å².